The van der Waals surface area contributed by atoms with E-state index in [9.17, 15) is 14.4 Å². The highest BCUT2D eigenvalue weighted by atomic mass is 16.6. The molecule has 0 spiro atoms. The molecular formula is C57H94O6. The van der Waals surface area contributed by atoms with E-state index in [1.54, 1.807) is 0 Å². The van der Waals surface area contributed by atoms with Gasteiger partial charge < -0.3 is 14.2 Å². The lowest BCUT2D eigenvalue weighted by atomic mass is 10.0. The smallest absolute Gasteiger partial charge is 0.306 e. The molecule has 0 aliphatic heterocycles. The average molecular weight is 875 g/mol. The van der Waals surface area contributed by atoms with E-state index in [1.807, 2.05) is 0 Å². The third kappa shape index (κ3) is 49.2. The van der Waals surface area contributed by atoms with Crippen LogP contribution in [0.4, 0.5) is 0 Å². The van der Waals surface area contributed by atoms with Gasteiger partial charge in [0.15, 0.2) is 6.10 Å². The fraction of sp³-hybridized carbons (Fsp3) is 0.667. The summed E-state index contributed by atoms with van der Waals surface area (Å²) in [5, 5.41) is 0. The molecular weight excluding hydrogens is 781 g/mol. The van der Waals surface area contributed by atoms with E-state index >= 15 is 0 Å². The van der Waals surface area contributed by atoms with Crippen LogP contribution >= 0.6 is 0 Å². The zero-order chi connectivity index (χ0) is 45.8. The van der Waals surface area contributed by atoms with Gasteiger partial charge in [-0.25, -0.2) is 0 Å². The zero-order valence-electron chi connectivity index (χ0n) is 40.8. The van der Waals surface area contributed by atoms with E-state index in [0.717, 1.165) is 122 Å². The molecule has 0 rings (SSSR count). The van der Waals surface area contributed by atoms with Crippen LogP contribution in [0.15, 0.2) is 97.2 Å². The maximum absolute atomic E-state index is 12.8. The molecule has 6 nitrogen and oxygen atoms in total. The van der Waals surface area contributed by atoms with Gasteiger partial charge in [-0.2, -0.15) is 0 Å². The summed E-state index contributed by atoms with van der Waals surface area (Å²) in [5.74, 6) is -0.965. The molecule has 1 unspecified atom stereocenters. The van der Waals surface area contributed by atoms with E-state index in [-0.39, 0.29) is 37.5 Å². The largest absolute Gasteiger partial charge is 0.462 e. The molecule has 358 valence electrons. The quantitative estimate of drug-likeness (QED) is 0.0262. The molecule has 63 heavy (non-hydrogen) atoms. The van der Waals surface area contributed by atoms with Crippen molar-refractivity contribution in [2.75, 3.05) is 13.2 Å². The number of rotatable bonds is 45. The lowest BCUT2D eigenvalue weighted by molar-refractivity contribution is -0.167. The molecule has 0 aromatic heterocycles. The first-order valence-electron chi connectivity index (χ1n) is 25.7. The van der Waals surface area contributed by atoms with E-state index in [0.29, 0.717) is 12.8 Å². The fourth-order valence-corrected chi connectivity index (χ4v) is 6.78. The summed E-state index contributed by atoms with van der Waals surface area (Å²) in [5.41, 5.74) is 0. The standard InChI is InChI=1S/C57H94O6/c1-4-7-10-13-16-19-22-25-26-27-28-29-30-33-35-38-41-44-47-50-56(59)62-53-54(63-57(60)51-48-45-42-39-36-32-24-21-18-15-12-9-6-3)52-61-55(58)49-46-43-40-37-34-31-23-20-17-14-11-8-5-2/h7,9-10,12,16,18-19,21,25-26,28-29,32-33,35-36,54H,4-6,8,11,13-15,17,20,22-24,27,30-31,34,37-53H2,1-3H3/b10-7-,12-9-,19-16-,21-18-,26-25-,29-28-,35-33-,36-32-. The van der Waals surface area contributed by atoms with E-state index in [4.69, 9.17) is 14.2 Å². The lowest BCUT2D eigenvalue weighted by Crippen LogP contribution is -2.30. The Hall–Kier alpha value is -3.67. The minimum atomic E-state index is -0.805. The first kappa shape index (κ1) is 59.3. The summed E-state index contributed by atoms with van der Waals surface area (Å²) >= 11 is 0. The van der Waals surface area contributed by atoms with Gasteiger partial charge in [0.25, 0.3) is 0 Å². The second-order valence-electron chi connectivity index (χ2n) is 16.7. The van der Waals surface area contributed by atoms with Crippen molar-refractivity contribution >= 4 is 17.9 Å². The second-order valence-corrected chi connectivity index (χ2v) is 16.7. The Morgan fingerprint density at radius 1 is 0.333 bits per heavy atom. The highest BCUT2D eigenvalue weighted by molar-refractivity contribution is 5.71. The molecule has 0 saturated carbocycles. The van der Waals surface area contributed by atoms with Crippen molar-refractivity contribution in [3.8, 4) is 0 Å². The molecule has 0 bridgehead atoms. The van der Waals surface area contributed by atoms with Crippen molar-refractivity contribution in [3.63, 3.8) is 0 Å². The number of carbonyl (C=O) groups excluding carboxylic acids is 3. The molecule has 0 aliphatic rings. The predicted octanol–water partition coefficient (Wildman–Crippen LogP) is 17.0. The highest BCUT2D eigenvalue weighted by Gasteiger charge is 2.19. The van der Waals surface area contributed by atoms with E-state index in [1.165, 1.54) is 64.2 Å². The molecule has 0 fully saturated rings. The van der Waals surface area contributed by atoms with Crippen LogP contribution in [0, 0.1) is 0 Å². The Bertz CT molecular complexity index is 1280. The summed E-state index contributed by atoms with van der Waals surface area (Å²) in [6.45, 7) is 6.35. The van der Waals surface area contributed by atoms with Gasteiger partial charge in [0.2, 0.25) is 0 Å². The first-order chi connectivity index (χ1) is 31.0. The summed E-state index contributed by atoms with van der Waals surface area (Å²) in [4.78, 5) is 37.9. The van der Waals surface area contributed by atoms with Crippen LogP contribution in [-0.2, 0) is 28.6 Å². The van der Waals surface area contributed by atoms with Gasteiger partial charge in [0.1, 0.15) is 13.2 Å². The Kier molecular flexibility index (Phi) is 48.0. The number of esters is 3. The number of hydrogen-bond acceptors (Lipinski definition) is 6. The molecule has 6 heteroatoms. The van der Waals surface area contributed by atoms with Crippen molar-refractivity contribution in [1.82, 2.24) is 0 Å². The van der Waals surface area contributed by atoms with Gasteiger partial charge in [0, 0.05) is 19.3 Å². The second kappa shape index (κ2) is 51.0. The van der Waals surface area contributed by atoms with Gasteiger partial charge in [0.05, 0.1) is 0 Å². The molecule has 0 heterocycles. The van der Waals surface area contributed by atoms with Crippen LogP contribution in [0.3, 0.4) is 0 Å². The van der Waals surface area contributed by atoms with Crippen LogP contribution < -0.4 is 0 Å². The highest BCUT2D eigenvalue weighted by Crippen LogP contribution is 2.14. The van der Waals surface area contributed by atoms with Gasteiger partial charge in [-0.15, -0.1) is 0 Å². The van der Waals surface area contributed by atoms with Crippen LogP contribution in [0.1, 0.15) is 226 Å². The number of carbonyl (C=O) groups is 3. The number of unbranched alkanes of at least 4 members (excludes halogenated alkanes) is 18. The average Bonchev–Trinajstić information content (AvgIpc) is 3.28. The van der Waals surface area contributed by atoms with Crippen molar-refractivity contribution in [3.05, 3.63) is 97.2 Å². The Labute approximate surface area is 387 Å². The normalized spacial score (nSPS) is 12.9. The molecule has 1 atom stereocenters. The minimum absolute atomic E-state index is 0.0995. The number of ether oxygens (including phenoxy) is 3. The maximum atomic E-state index is 12.8. The molecule has 0 aliphatic carbocycles. The lowest BCUT2D eigenvalue weighted by Gasteiger charge is -2.18. The summed E-state index contributed by atoms with van der Waals surface area (Å²) < 4.78 is 16.7. The maximum Gasteiger partial charge on any atom is 0.306 e. The summed E-state index contributed by atoms with van der Waals surface area (Å²) in [7, 11) is 0. The van der Waals surface area contributed by atoms with Crippen molar-refractivity contribution in [1.29, 1.82) is 0 Å². The summed E-state index contributed by atoms with van der Waals surface area (Å²) in [6.07, 6.45) is 66.8. The topological polar surface area (TPSA) is 78.9 Å². The Morgan fingerprint density at radius 3 is 0.968 bits per heavy atom. The van der Waals surface area contributed by atoms with Gasteiger partial charge in [-0.3, -0.25) is 14.4 Å². The van der Waals surface area contributed by atoms with Crippen molar-refractivity contribution in [2.45, 2.75) is 232 Å². The molecule has 0 aromatic rings. The van der Waals surface area contributed by atoms with Crippen molar-refractivity contribution in [2.24, 2.45) is 0 Å². The van der Waals surface area contributed by atoms with E-state index < -0.39 is 6.10 Å². The first-order valence-corrected chi connectivity index (χ1v) is 25.7. The number of hydrogen-bond donors (Lipinski definition) is 0. The summed E-state index contributed by atoms with van der Waals surface area (Å²) in [6, 6.07) is 0. The predicted molar refractivity (Wildman–Crippen MR) is 270 cm³/mol. The third-order valence-corrected chi connectivity index (χ3v) is 10.6. The van der Waals surface area contributed by atoms with E-state index in [2.05, 4.69) is 118 Å². The van der Waals surface area contributed by atoms with Crippen LogP contribution in [0.5, 0.6) is 0 Å². The van der Waals surface area contributed by atoms with Crippen LogP contribution in [0.2, 0.25) is 0 Å². The fourth-order valence-electron chi connectivity index (χ4n) is 6.78. The monoisotopic (exact) mass is 875 g/mol. The minimum Gasteiger partial charge on any atom is -0.462 e. The van der Waals surface area contributed by atoms with Crippen LogP contribution in [-0.4, -0.2) is 37.2 Å². The SMILES string of the molecule is CC/C=C\C/C=C\C/C=C\C/C=C\C/C=C\CCCCCC(=O)OCC(COC(=O)CCCCCCCCCCCCCCC)OC(=O)CCCCC/C=C\C/C=C\C/C=C\CC. The third-order valence-electron chi connectivity index (χ3n) is 10.6. The molecule has 0 N–H and O–H groups in total. The molecule has 0 radical (unpaired) electrons. The van der Waals surface area contributed by atoms with Gasteiger partial charge in [-0.1, -0.05) is 208 Å². The molecule has 0 saturated heterocycles. The zero-order valence-corrected chi connectivity index (χ0v) is 40.8. The van der Waals surface area contributed by atoms with Gasteiger partial charge >= 0.3 is 17.9 Å². The number of allylic oxidation sites excluding steroid dienone is 16. The Morgan fingerprint density at radius 2 is 0.619 bits per heavy atom. The van der Waals surface area contributed by atoms with Crippen LogP contribution in [0.25, 0.3) is 0 Å². The molecule has 0 aromatic carbocycles. The Balaban J connectivity index is 4.47. The van der Waals surface area contributed by atoms with Crippen molar-refractivity contribution < 1.29 is 28.6 Å². The molecule has 0 amide bonds. The van der Waals surface area contributed by atoms with Gasteiger partial charge in [-0.05, 0) is 96.3 Å².